The van der Waals surface area contributed by atoms with Crippen molar-refractivity contribution >= 4 is 11.9 Å². The van der Waals surface area contributed by atoms with Crippen LogP contribution in [0.3, 0.4) is 0 Å². The Morgan fingerprint density at radius 2 is 1.85 bits per heavy atom. The molecule has 13 heavy (non-hydrogen) atoms. The number of aliphatic carboxylic acids is 1. The van der Waals surface area contributed by atoms with Crippen molar-refractivity contribution in [3.63, 3.8) is 0 Å². The van der Waals surface area contributed by atoms with E-state index in [2.05, 4.69) is 0 Å². The second-order valence-electron chi connectivity index (χ2n) is 4.32. The molecule has 1 fully saturated rings. The fourth-order valence-electron chi connectivity index (χ4n) is 1.11. The number of hydrogen-bond acceptors (Lipinski definition) is 3. The van der Waals surface area contributed by atoms with Crippen LogP contribution in [0.1, 0.15) is 27.2 Å². The summed E-state index contributed by atoms with van der Waals surface area (Å²) in [5.41, 5.74) is -0.525. The molecular formula is C9H14O4. The van der Waals surface area contributed by atoms with Gasteiger partial charge in [0.2, 0.25) is 0 Å². The van der Waals surface area contributed by atoms with Crippen molar-refractivity contribution in [1.29, 1.82) is 0 Å². The average molecular weight is 186 g/mol. The van der Waals surface area contributed by atoms with Crippen LogP contribution in [0.15, 0.2) is 0 Å². The number of carbonyl (C=O) groups excluding carboxylic acids is 1. The number of rotatable bonds is 2. The Morgan fingerprint density at radius 1 is 1.31 bits per heavy atom. The van der Waals surface area contributed by atoms with Crippen LogP contribution in [0.2, 0.25) is 0 Å². The Kier molecular flexibility index (Phi) is 2.32. The molecule has 0 bridgehead atoms. The molecule has 4 nitrogen and oxygen atoms in total. The minimum absolute atomic E-state index is 0.389. The van der Waals surface area contributed by atoms with Crippen LogP contribution in [-0.4, -0.2) is 22.6 Å². The third-order valence-electron chi connectivity index (χ3n) is 1.82. The number of ether oxygens (including phenoxy) is 1. The van der Waals surface area contributed by atoms with Crippen LogP contribution in [0, 0.1) is 11.8 Å². The molecular weight excluding hydrogens is 172 g/mol. The fourth-order valence-corrected chi connectivity index (χ4v) is 1.11. The minimum Gasteiger partial charge on any atom is -0.481 e. The molecule has 0 heterocycles. The Bertz CT molecular complexity index is 238. The van der Waals surface area contributed by atoms with E-state index in [-0.39, 0.29) is 5.97 Å². The van der Waals surface area contributed by atoms with Gasteiger partial charge in [0.05, 0.1) is 11.8 Å². The van der Waals surface area contributed by atoms with Gasteiger partial charge < -0.3 is 9.84 Å². The van der Waals surface area contributed by atoms with Gasteiger partial charge in [0.25, 0.3) is 0 Å². The molecule has 1 aliphatic carbocycles. The highest BCUT2D eigenvalue weighted by atomic mass is 16.6. The molecule has 0 amide bonds. The van der Waals surface area contributed by atoms with Crippen molar-refractivity contribution in [2.75, 3.05) is 0 Å². The van der Waals surface area contributed by atoms with Crippen LogP contribution in [0.4, 0.5) is 0 Å². The van der Waals surface area contributed by atoms with E-state index >= 15 is 0 Å². The van der Waals surface area contributed by atoms with Gasteiger partial charge in [-0.15, -0.1) is 0 Å². The van der Waals surface area contributed by atoms with Crippen molar-refractivity contribution in [3.05, 3.63) is 0 Å². The lowest BCUT2D eigenvalue weighted by molar-refractivity contribution is -0.158. The molecule has 0 unspecified atom stereocenters. The number of carboxylic acid groups (broad SMARTS) is 1. The van der Waals surface area contributed by atoms with Gasteiger partial charge in [-0.3, -0.25) is 9.59 Å². The van der Waals surface area contributed by atoms with E-state index in [0.29, 0.717) is 6.42 Å². The average Bonchev–Trinajstić information content (AvgIpc) is 2.58. The van der Waals surface area contributed by atoms with Gasteiger partial charge in [-0.2, -0.15) is 0 Å². The third-order valence-corrected chi connectivity index (χ3v) is 1.82. The van der Waals surface area contributed by atoms with Crippen LogP contribution in [-0.2, 0) is 14.3 Å². The first-order chi connectivity index (χ1) is 5.81. The van der Waals surface area contributed by atoms with Gasteiger partial charge in [0, 0.05) is 0 Å². The van der Waals surface area contributed by atoms with Gasteiger partial charge in [0.1, 0.15) is 5.60 Å². The fraction of sp³-hybridized carbons (Fsp3) is 0.778. The molecule has 1 saturated carbocycles. The predicted molar refractivity (Wildman–Crippen MR) is 45.1 cm³/mol. The first-order valence-electron chi connectivity index (χ1n) is 4.27. The van der Waals surface area contributed by atoms with Gasteiger partial charge in [-0.1, -0.05) is 0 Å². The zero-order valence-electron chi connectivity index (χ0n) is 8.03. The molecule has 0 saturated heterocycles. The summed E-state index contributed by atoms with van der Waals surface area (Å²) in [6.45, 7) is 5.30. The van der Waals surface area contributed by atoms with Crippen LogP contribution in [0.5, 0.6) is 0 Å². The zero-order chi connectivity index (χ0) is 10.2. The second kappa shape index (κ2) is 3.01. The molecule has 74 valence electrons. The highest BCUT2D eigenvalue weighted by Crippen LogP contribution is 2.40. The maximum Gasteiger partial charge on any atom is 0.310 e. The molecule has 0 aliphatic heterocycles. The largest absolute Gasteiger partial charge is 0.481 e. The number of carboxylic acids is 1. The van der Waals surface area contributed by atoms with E-state index < -0.39 is 23.4 Å². The lowest BCUT2D eigenvalue weighted by Gasteiger charge is -2.19. The van der Waals surface area contributed by atoms with Gasteiger partial charge >= 0.3 is 11.9 Å². The maximum absolute atomic E-state index is 11.3. The molecule has 1 N–H and O–H groups in total. The van der Waals surface area contributed by atoms with Gasteiger partial charge in [-0.25, -0.2) is 0 Å². The molecule has 0 spiro atoms. The van der Waals surface area contributed by atoms with E-state index in [1.54, 1.807) is 20.8 Å². The molecule has 2 atom stereocenters. The van der Waals surface area contributed by atoms with E-state index in [4.69, 9.17) is 9.84 Å². The number of hydrogen-bond donors (Lipinski definition) is 1. The number of esters is 1. The Balaban J connectivity index is 2.40. The standard InChI is InChI=1S/C9H14O4/c1-9(2,3)13-8(12)6-4-5(6)7(10)11/h5-6H,4H2,1-3H3,(H,10,11)/t5-,6-/m1/s1. The Hall–Kier alpha value is -1.06. The molecule has 4 heteroatoms. The summed E-state index contributed by atoms with van der Waals surface area (Å²) >= 11 is 0. The monoisotopic (exact) mass is 186 g/mol. The van der Waals surface area contributed by atoms with Crippen molar-refractivity contribution in [2.45, 2.75) is 32.8 Å². The van der Waals surface area contributed by atoms with E-state index in [0.717, 1.165) is 0 Å². The lowest BCUT2D eigenvalue weighted by Crippen LogP contribution is -2.25. The number of carbonyl (C=O) groups is 2. The highest BCUT2D eigenvalue weighted by Gasteiger charge is 2.50. The molecule has 0 aromatic rings. The summed E-state index contributed by atoms with van der Waals surface area (Å²) in [6.07, 6.45) is 0.421. The summed E-state index contributed by atoms with van der Waals surface area (Å²) in [7, 11) is 0. The van der Waals surface area contributed by atoms with Crippen LogP contribution in [0.25, 0.3) is 0 Å². The van der Waals surface area contributed by atoms with Gasteiger partial charge in [-0.05, 0) is 27.2 Å². The molecule has 1 aliphatic rings. The third kappa shape index (κ3) is 2.72. The minimum atomic E-state index is -0.907. The molecule has 0 radical (unpaired) electrons. The van der Waals surface area contributed by atoms with Crippen molar-refractivity contribution < 1.29 is 19.4 Å². The SMILES string of the molecule is CC(C)(C)OC(=O)[C@@H]1C[C@H]1C(=O)O. The summed E-state index contributed by atoms with van der Waals surface area (Å²) < 4.78 is 5.04. The van der Waals surface area contributed by atoms with E-state index in [1.165, 1.54) is 0 Å². The summed E-state index contributed by atoms with van der Waals surface area (Å²) in [4.78, 5) is 21.7. The van der Waals surface area contributed by atoms with Crippen LogP contribution >= 0.6 is 0 Å². The summed E-state index contributed by atoms with van der Waals surface area (Å²) in [5.74, 6) is -2.23. The van der Waals surface area contributed by atoms with E-state index in [1.807, 2.05) is 0 Å². The highest BCUT2D eigenvalue weighted by molar-refractivity contribution is 5.86. The van der Waals surface area contributed by atoms with E-state index in [9.17, 15) is 9.59 Å². The molecule has 0 aromatic heterocycles. The first kappa shape index (κ1) is 10.0. The maximum atomic E-state index is 11.3. The van der Waals surface area contributed by atoms with Crippen LogP contribution < -0.4 is 0 Å². The summed E-state index contributed by atoms with van der Waals surface area (Å²) in [5, 5.41) is 8.56. The van der Waals surface area contributed by atoms with Crippen molar-refractivity contribution in [1.82, 2.24) is 0 Å². The smallest absolute Gasteiger partial charge is 0.310 e. The summed E-state index contributed by atoms with van der Waals surface area (Å²) in [6, 6.07) is 0. The van der Waals surface area contributed by atoms with Gasteiger partial charge in [0.15, 0.2) is 0 Å². The topological polar surface area (TPSA) is 63.6 Å². The zero-order valence-corrected chi connectivity index (χ0v) is 8.03. The Morgan fingerprint density at radius 3 is 2.15 bits per heavy atom. The molecule has 0 aromatic carbocycles. The Labute approximate surface area is 76.9 Å². The lowest BCUT2D eigenvalue weighted by atomic mass is 10.2. The van der Waals surface area contributed by atoms with Crippen molar-refractivity contribution in [3.8, 4) is 0 Å². The first-order valence-corrected chi connectivity index (χ1v) is 4.27. The predicted octanol–water partition coefficient (Wildman–Crippen LogP) is 1.05. The molecule has 1 rings (SSSR count). The quantitative estimate of drug-likeness (QED) is 0.654. The second-order valence-corrected chi connectivity index (χ2v) is 4.32. The van der Waals surface area contributed by atoms with Crippen molar-refractivity contribution in [2.24, 2.45) is 11.8 Å². The normalized spacial score (nSPS) is 26.7.